The minimum atomic E-state index is -0.204. The van der Waals surface area contributed by atoms with Crippen LogP contribution >= 0.6 is 27.7 Å². The van der Waals surface area contributed by atoms with Gasteiger partial charge in [0.1, 0.15) is 0 Å². The first-order chi connectivity index (χ1) is 10.7. The molecule has 0 spiro atoms. The Labute approximate surface area is 141 Å². The van der Waals surface area contributed by atoms with Gasteiger partial charge in [-0.3, -0.25) is 14.3 Å². The van der Waals surface area contributed by atoms with Gasteiger partial charge in [-0.05, 0) is 19.1 Å². The van der Waals surface area contributed by atoms with Crippen molar-refractivity contribution in [3.8, 4) is 11.4 Å². The van der Waals surface area contributed by atoms with Crippen LogP contribution in [0.5, 0.6) is 0 Å². The van der Waals surface area contributed by atoms with E-state index < -0.39 is 0 Å². The fourth-order valence-electron chi connectivity index (χ4n) is 2.21. The topological polar surface area (TPSA) is 60.2 Å². The minimum Gasteiger partial charge on any atom is -0.465 e. The number of rotatable bonds is 4. The number of thioether (sulfide) groups is 1. The molecule has 6 nitrogen and oxygen atoms in total. The fraction of sp³-hybridized carbons (Fsp3) is 0.357. The van der Waals surface area contributed by atoms with Crippen LogP contribution in [0.15, 0.2) is 33.9 Å². The molecule has 2 heterocycles. The van der Waals surface area contributed by atoms with E-state index in [1.165, 1.54) is 0 Å². The third-order valence-electron chi connectivity index (χ3n) is 3.19. The number of carbonyl (C=O) groups excluding carboxylic acids is 1. The van der Waals surface area contributed by atoms with E-state index >= 15 is 0 Å². The van der Waals surface area contributed by atoms with Gasteiger partial charge in [0.15, 0.2) is 11.0 Å². The van der Waals surface area contributed by atoms with E-state index in [2.05, 4.69) is 26.1 Å². The standard InChI is InChI=1S/C14H15BrN4O2S/c1-2-21-12(20)7-18-8-19-13(16-17-14(19)22-9-18)10-3-5-11(15)6-4-10/h3-6H,2,7-9H2,1H3. The normalized spacial score (nSPS) is 14.6. The minimum absolute atomic E-state index is 0.204. The van der Waals surface area contributed by atoms with Gasteiger partial charge >= 0.3 is 5.97 Å². The number of esters is 1. The van der Waals surface area contributed by atoms with Crippen LogP contribution in [0, 0.1) is 0 Å². The largest absolute Gasteiger partial charge is 0.465 e. The van der Waals surface area contributed by atoms with Crippen LogP contribution in [0.4, 0.5) is 0 Å². The summed E-state index contributed by atoms with van der Waals surface area (Å²) in [6.07, 6.45) is 0. The van der Waals surface area contributed by atoms with Crippen molar-refractivity contribution in [1.82, 2.24) is 19.7 Å². The van der Waals surface area contributed by atoms with Crippen LogP contribution in [0.3, 0.4) is 0 Å². The fourth-order valence-corrected chi connectivity index (χ4v) is 3.34. The summed E-state index contributed by atoms with van der Waals surface area (Å²) in [4.78, 5) is 13.7. The number of hydrogen-bond donors (Lipinski definition) is 0. The van der Waals surface area contributed by atoms with Crippen molar-refractivity contribution in [2.24, 2.45) is 0 Å². The lowest BCUT2D eigenvalue weighted by Gasteiger charge is -2.26. The van der Waals surface area contributed by atoms with Crippen molar-refractivity contribution in [2.75, 3.05) is 19.0 Å². The van der Waals surface area contributed by atoms with Crippen molar-refractivity contribution in [3.05, 3.63) is 28.7 Å². The van der Waals surface area contributed by atoms with Crippen LogP contribution < -0.4 is 0 Å². The zero-order chi connectivity index (χ0) is 15.5. The second-order valence-corrected chi connectivity index (χ2v) is 6.62. The van der Waals surface area contributed by atoms with Crippen molar-refractivity contribution >= 4 is 33.7 Å². The smallest absolute Gasteiger partial charge is 0.320 e. The third kappa shape index (κ3) is 3.34. The van der Waals surface area contributed by atoms with Crippen LogP contribution in [0.1, 0.15) is 6.92 Å². The molecule has 0 fully saturated rings. The van der Waals surface area contributed by atoms with Crippen molar-refractivity contribution in [1.29, 1.82) is 0 Å². The monoisotopic (exact) mass is 382 g/mol. The highest BCUT2D eigenvalue weighted by molar-refractivity contribution is 9.10. The molecule has 1 aromatic heterocycles. The Balaban J connectivity index is 1.79. The van der Waals surface area contributed by atoms with E-state index in [1.807, 2.05) is 40.7 Å². The molecule has 0 radical (unpaired) electrons. The quantitative estimate of drug-likeness (QED) is 0.757. The number of carbonyl (C=O) groups is 1. The summed E-state index contributed by atoms with van der Waals surface area (Å²) in [6.45, 7) is 3.08. The van der Waals surface area contributed by atoms with Gasteiger partial charge in [-0.25, -0.2) is 0 Å². The molecule has 1 aliphatic rings. The summed E-state index contributed by atoms with van der Waals surface area (Å²) in [5, 5.41) is 9.38. The molecule has 0 saturated heterocycles. The van der Waals surface area contributed by atoms with Gasteiger partial charge in [-0.2, -0.15) is 0 Å². The first-order valence-electron chi connectivity index (χ1n) is 6.87. The lowest BCUT2D eigenvalue weighted by Crippen LogP contribution is -2.35. The number of hydrogen-bond acceptors (Lipinski definition) is 6. The molecule has 0 amide bonds. The number of ether oxygens (including phenoxy) is 1. The van der Waals surface area contributed by atoms with Gasteiger partial charge in [0.2, 0.25) is 0 Å². The maximum atomic E-state index is 11.6. The summed E-state index contributed by atoms with van der Waals surface area (Å²) >= 11 is 5.00. The van der Waals surface area contributed by atoms with Crippen LogP contribution in [0.25, 0.3) is 11.4 Å². The molecule has 8 heteroatoms. The lowest BCUT2D eigenvalue weighted by molar-refractivity contribution is -0.144. The highest BCUT2D eigenvalue weighted by atomic mass is 79.9. The molecule has 1 aromatic carbocycles. The Bertz CT molecular complexity index is 674. The zero-order valence-corrected chi connectivity index (χ0v) is 14.4. The number of benzene rings is 1. The average molecular weight is 383 g/mol. The molecule has 22 heavy (non-hydrogen) atoms. The van der Waals surface area contributed by atoms with Crippen LogP contribution in [0.2, 0.25) is 0 Å². The van der Waals surface area contributed by atoms with Crippen molar-refractivity contribution in [3.63, 3.8) is 0 Å². The molecule has 0 unspecified atom stereocenters. The zero-order valence-electron chi connectivity index (χ0n) is 12.0. The number of halogens is 1. The van der Waals surface area contributed by atoms with E-state index in [0.717, 1.165) is 21.0 Å². The van der Waals surface area contributed by atoms with E-state index in [4.69, 9.17) is 4.74 Å². The Morgan fingerprint density at radius 1 is 1.36 bits per heavy atom. The summed E-state index contributed by atoms with van der Waals surface area (Å²) in [5.74, 6) is 1.31. The molecule has 3 rings (SSSR count). The molecule has 0 bridgehead atoms. The van der Waals surface area contributed by atoms with Gasteiger partial charge in [-0.1, -0.05) is 39.8 Å². The Morgan fingerprint density at radius 3 is 2.86 bits per heavy atom. The molecule has 0 atom stereocenters. The molecule has 2 aromatic rings. The number of fused-ring (bicyclic) bond motifs is 1. The summed E-state index contributed by atoms with van der Waals surface area (Å²) < 4.78 is 8.05. The van der Waals surface area contributed by atoms with E-state index in [9.17, 15) is 4.79 Å². The Kier molecular flexibility index (Phi) is 4.80. The molecule has 116 valence electrons. The van der Waals surface area contributed by atoms with Gasteiger partial charge in [0.05, 0.1) is 25.7 Å². The number of nitrogens with zero attached hydrogens (tertiary/aromatic N) is 4. The molecule has 0 aliphatic carbocycles. The SMILES string of the molecule is CCOC(=O)CN1CSc2nnc(-c3ccc(Br)cc3)n2C1. The second kappa shape index (κ2) is 6.80. The molecular formula is C14H15BrN4O2S. The second-order valence-electron chi connectivity index (χ2n) is 4.79. The summed E-state index contributed by atoms with van der Waals surface area (Å²) in [5.41, 5.74) is 1.00. The predicted octanol–water partition coefficient (Wildman–Crippen LogP) is 2.59. The van der Waals surface area contributed by atoms with Gasteiger partial charge in [-0.15, -0.1) is 10.2 Å². The van der Waals surface area contributed by atoms with E-state index in [0.29, 0.717) is 19.2 Å². The van der Waals surface area contributed by atoms with Crippen molar-refractivity contribution in [2.45, 2.75) is 18.7 Å². The maximum Gasteiger partial charge on any atom is 0.320 e. The predicted molar refractivity (Wildman–Crippen MR) is 87.2 cm³/mol. The molecule has 1 aliphatic heterocycles. The average Bonchev–Trinajstić information content (AvgIpc) is 2.91. The van der Waals surface area contributed by atoms with Gasteiger partial charge in [0, 0.05) is 10.0 Å². The maximum absolute atomic E-state index is 11.6. The van der Waals surface area contributed by atoms with E-state index in [1.54, 1.807) is 11.8 Å². The first-order valence-corrected chi connectivity index (χ1v) is 8.65. The third-order valence-corrected chi connectivity index (χ3v) is 4.78. The molecule has 0 saturated carbocycles. The van der Waals surface area contributed by atoms with E-state index in [-0.39, 0.29) is 12.5 Å². The summed E-state index contributed by atoms with van der Waals surface area (Å²) in [6, 6.07) is 7.94. The lowest BCUT2D eigenvalue weighted by atomic mass is 10.2. The first kappa shape index (κ1) is 15.5. The van der Waals surface area contributed by atoms with Crippen molar-refractivity contribution < 1.29 is 9.53 Å². The Hall–Kier alpha value is -1.38. The van der Waals surface area contributed by atoms with Crippen LogP contribution in [-0.2, 0) is 16.2 Å². The molecular weight excluding hydrogens is 368 g/mol. The summed E-state index contributed by atoms with van der Waals surface area (Å²) in [7, 11) is 0. The van der Waals surface area contributed by atoms with Gasteiger partial charge in [0.25, 0.3) is 0 Å². The Morgan fingerprint density at radius 2 is 2.14 bits per heavy atom. The highest BCUT2D eigenvalue weighted by Crippen LogP contribution is 2.29. The van der Waals surface area contributed by atoms with Crippen LogP contribution in [-0.4, -0.2) is 44.7 Å². The molecule has 0 N–H and O–H groups in total. The highest BCUT2D eigenvalue weighted by Gasteiger charge is 2.24. The van der Waals surface area contributed by atoms with Gasteiger partial charge < -0.3 is 4.74 Å². The number of aromatic nitrogens is 3.